The molecule has 0 fully saturated rings. The largest absolute Gasteiger partial charge is 0.326 e. The summed E-state index contributed by atoms with van der Waals surface area (Å²) in [4.78, 5) is 11.9. The van der Waals surface area contributed by atoms with Gasteiger partial charge < -0.3 is 5.32 Å². The number of allylic oxidation sites excluding steroid dienone is 1. The number of carbonyl (C=O) groups excluding carboxylic acids is 1. The van der Waals surface area contributed by atoms with Crippen LogP contribution in [-0.4, -0.2) is 5.91 Å². The highest BCUT2D eigenvalue weighted by Gasteiger charge is 2.23. The van der Waals surface area contributed by atoms with E-state index < -0.39 is 0 Å². The molecule has 0 radical (unpaired) electrons. The highest BCUT2D eigenvalue weighted by molar-refractivity contribution is 5.94. The standard InChI is InChI=1S/C13H15NO/c1-10-6-5-9-12(10)13(15)14-11-7-3-2-4-8-11/h2-4,6-8,12H,5,9H2,1H3,(H,14,15). The third-order valence-corrected chi connectivity index (χ3v) is 2.83. The molecule has 2 nitrogen and oxygen atoms in total. The molecule has 1 aromatic rings. The van der Waals surface area contributed by atoms with Gasteiger partial charge in [0.2, 0.25) is 5.91 Å². The van der Waals surface area contributed by atoms with E-state index in [1.54, 1.807) is 0 Å². The van der Waals surface area contributed by atoms with E-state index >= 15 is 0 Å². The minimum Gasteiger partial charge on any atom is -0.326 e. The van der Waals surface area contributed by atoms with E-state index in [2.05, 4.69) is 11.4 Å². The second-order valence-corrected chi connectivity index (χ2v) is 3.93. The Bertz CT molecular complexity index is 381. The average molecular weight is 201 g/mol. The maximum absolute atomic E-state index is 11.9. The average Bonchev–Trinajstić information content (AvgIpc) is 2.66. The number of amides is 1. The third-order valence-electron chi connectivity index (χ3n) is 2.83. The lowest BCUT2D eigenvalue weighted by Gasteiger charge is -2.12. The second kappa shape index (κ2) is 4.30. The number of hydrogen-bond donors (Lipinski definition) is 1. The van der Waals surface area contributed by atoms with Crippen molar-refractivity contribution in [1.82, 2.24) is 0 Å². The summed E-state index contributed by atoms with van der Waals surface area (Å²) in [6.07, 6.45) is 4.12. The number of para-hydroxylation sites is 1. The number of benzene rings is 1. The van der Waals surface area contributed by atoms with Crippen molar-refractivity contribution < 1.29 is 4.79 Å². The van der Waals surface area contributed by atoms with E-state index in [-0.39, 0.29) is 11.8 Å². The van der Waals surface area contributed by atoms with Crippen molar-refractivity contribution in [3.63, 3.8) is 0 Å². The summed E-state index contributed by atoms with van der Waals surface area (Å²) in [7, 11) is 0. The molecule has 15 heavy (non-hydrogen) atoms. The van der Waals surface area contributed by atoms with Crippen LogP contribution < -0.4 is 5.32 Å². The van der Waals surface area contributed by atoms with Crippen molar-refractivity contribution in [3.8, 4) is 0 Å². The molecular weight excluding hydrogens is 186 g/mol. The van der Waals surface area contributed by atoms with Gasteiger partial charge in [0.05, 0.1) is 5.92 Å². The zero-order valence-corrected chi connectivity index (χ0v) is 8.86. The minimum absolute atomic E-state index is 0.0743. The molecule has 2 rings (SSSR count). The summed E-state index contributed by atoms with van der Waals surface area (Å²) in [6, 6.07) is 9.61. The zero-order chi connectivity index (χ0) is 10.7. The van der Waals surface area contributed by atoms with Crippen molar-refractivity contribution in [2.24, 2.45) is 5.92 Å². The molecule has 1 N–H and O–H groups in total. The van der Waals surface area contributed by atoms with Crippen LogP contribution in [0.1, 0.15) is 19.8 Å². The number of hydrogen-bond acceptors (Lipinski definition) is 1. The normalized spacial score (nSPS) is 19.8. The van der Waals surface area contributed by atoms with Crippen molar-refractivity contribution in [1.29, 1.82) is 0 Å². The Morgan fingerprint density at radius 3 is 2.67 bits per heavy atom. The molecule has 0 aromatic heterocycles. The number of nitrogens with one attached hydrogen (secondary N) is 1. The molecule has 1 aliphatic carbocycles. The fourth-order valence-electron chi connectivity index (χ4n) is 1.94. The molecule has 1 atom stereocenters. The van der Waals surface area contributed by atoms with E-state index in [0.717, 1.165) is 18.5 Å². The van der Waals surface area contributed by atoms with Crippen molar-refractivity contribution >= 4 is 11.6 Å². The summed E-state index contributed by atoms with van der Waals surface area (Å²) in [6.45, 7) is 2.03. The molecule has 1 aromatic carbocycles. The quantitative estimate of drug-likeness (QED) is 0.732. The number of rotatable bonds is 2. The van der Waals surface area contributed by atoms with Crippen molar-refractivity contribution in [3.05, 3.63) is 42.0 Å². The highest BCUT2D eigenvalue weighted by atomic mass is 16.1. The number of carbonyl (C=O) groups is 1. The SMILES string of the molecule is CC1=CCCC1C(=O)Nc1ccccc1. The molecule has 1 unspecified atom stereocenters. The van der Waals surface area contributed by atoms with Crippen LogP contribution in [0.25, 0.3) is 0 Å². The predicted molar refractivity (Wildman–Crippen MR) is 61.6 cm³/mol. The van der Waals surface area contributed by atoms with Crippen molar-refractivity contribution in [2.45, 2.75) is 19.8 Å². The van der Waals surface area contributed by atoms with Gasteiger partial charge in [-0.05, 0) is 31.9 Å². The predicted octanol–water partition coefficient (Wildman–Crippen LogP) is 2.98. The van der Waals surface area contributed by atoms with Crippen LogP contribution in [0.15, 0.2) is 42.0 Å². The molecule has 1 amide bonds. The lowest BCUT2D eigenvalue weighted by Crippen LogP contribution is -2.21. The fourth-order valence-corrected chi connectivity index (χ4v) is 1.94. The topological polar surface area (TPSA) is 29.1 Å². The summed E-state index contributed by atoms with van der Waals surface area (Å²) in [5, 5.41) is 2.93. The molecule has 1 aliphatic rings. The van der Waals surface area contributed by atoms with Gasteiger partial charge in [-0.3, -0.25) is 4.79 Å². The molecule has 0 bridgehead atoms. The van der Waals surface area contributed by atoms with Gasteiger partial charge in [-0.15, -0.1) is 0 Å². The Hall–Kier alpha value is -1.57. The van der Waals surface area contributed by atoms with Crippen molar-refractivity contribution in [2.75, 3.05) is 5.32 Å². The summed E-state index contributed by atoms with van der Waals surface area (Å²) < 4.78 is 0. The van der Waals surface area contributed by atoms with Crippen LogP contribution in [0, 0.1) is 5.92 Å². The van der Waals surface area contributed by atoms with E-state index in [4.69, 9.17) is 0 Å². The Morgan fingerprint density at radius 1 is 1.33 bits per heavy atom. The van der Waals surface area contributed by atoms with E-state index in [1.165, 1.54) is 5.57 Å². The molecule has 78 valence electrons. The minimum atomic E-state index is 0.0743. The van der Waals surface area contributed by atoms with Crippen LogP contribution in [-0.2, 0) is 4.79 Å². The molecule has 0 heterocycles. The first-order valence-electron chi connectivity index (χ1n) is 5.30. The lowest BCUT2D eigenvalue weighted by atomic mass is 10.0. The maximum atomic E-state index is 11.9. The Kier molecular flexibility index (Phi) is 2.86. The first-order chi connectivity index (χ1) is 7.27. The summed E-state index contributed by atoms with van der Waals surface area (Å²) >= 11 is 0. The Labute approximate surface area is 90.0 Å². The van der Waals surface area contributed by atoms with Crippen LogP contribution in [0.5, 0.6) is 0 Å². The van der Waals surface area contributed by atoms with Crippen LogP contribution in [0.2, 0.25) is 0 Å². The van der Waals surface area contributed by atoms with Gasteiger partial charge in [0.25, 0.3) is 0 Å². The smallest absolute Gasteiger partial charge is 0.231 e. The summed E-state index contributed by atoms with van der Waals surface area (Å²) in [5.41, 5.74) is 2.07. The van der Waals surface area contributed by atoms with Gasteiger partial charge in [0.15, 0.2) is 0 Å². The molecule has 2 heteroatoms. The van der Waals surface area contributed by atoms with Gasteiger partial charge in [-0.25, -0.2) is 0 Å². The highest BCUT2D eigenvalue weighted by Crippen LogP contribution is 2.26. The van der Waals surface area contributed by atoms with Crippen LogP contribution >= 0.6 is 0 Å². The Balaban J connectivity index is 2.02. The molecule has 0 spiro atoms. The lowest BCUT2D eigenvalue weighted by molar-refractivity contribution is -0.118. The Morgan fingerprint density at radius 2 is 2.07 bits per heavy atom. The van der Waals surface area contributed by atoms with Gasteiger partial charge in [-0.2, -0.15) is 0 Å². The zero-order valence-electron chi connectivity index (χ0n) is 8.86. The molecule has 0 saturated carbocycles. The monoisotopic (exact) mass is 201 g/mol. The van der Waals surface area contributed by atoms with Gasteiger partial charge in [-0.1, -0.05) is 29.8 Å². The van der Waals surface area contributed by atoms with Gasteiger partial charge >= 0.3 is 0 Å². The maximum Gasteiger partial charge on any atom is 0.231 e. The third kappa shape index (κ3) is 2.27. The molecule has 0 aliphatic heterocycles. The van der Waals surface area contributed by atoms with Crippen LogP contribution in [0.4, 0.5) is 5.69 Å². The second-order valence-electron chi connectivity index (χ2n) is 3.93. The summed E-state index contributed by atoms with van der Waals surface area (Å²) in [5.74, 6) is 0.192. The molecule has 0 saturated heterocycles. The van der Waals surface area contributed by atoms with Crippen LogP contribution in [0.3, 0.4) is 0 Å². The first-order valence-corrected chi connectivity index (χ1v) is 5.30. The van der Waals surface area contributed by atoms with Gasteiger partial charge in [0.1, 0.15) is 0 Å². The number of anilines is 1. The van der Waals surface area contributed by atoms with Gasteiger partial charge in [0, 0.05) is 5.69 Å². The van der Waals surface area contributed by atoms with E-state index in [1.807, 2.05) is 37.3 Å². The fraction of sp³-hybridized carbons (Fsp3) is 0.308. The van der Waals surface area contributed by atoms with E-state index in [9.17, 15) is 4.79 Å². The first kappa shape index (κ1) is 9.97. The van der Waals surface area contributed by atoms with E-state index in [0.29, 0.717) is 0 Å². The molecular formula is C13H15NO.